The van der Waals surface area contributed by atoms with Crippen molar-refractivity contribution in [3.05, 3.63) is 46.8 Å². The second-order valence-electron chi connectivity index (χ2n) is 6.42. The molecule has 0 spiro atoms. The van der Waals surface area contributed by atoms with Crippen LogP contribution in [0.4, 0.5) is 0 Å². The van der Waals surface area contributed by atoms with Gasteiger partial charge >= 0.3 is 0 Å². The molecule has 1 aromatic carbocycles. The zero-order valence-electron chi connectivity index (χ0n) is 13.0. The Labute approximate surface area is 139 Å². The Bertz CT molecular complexity index is 828. The molecule has 0 radical (unpaired) electrons. The molecule has 0 saturated heterocycles. The van der Waals surface area contributed by atoms with Crippen LogP contribution >= 0.6 is 11.3 Å². The van der Waals surface area contributed by atoms with E-state index >= 15 is 0 Å². The van der Waals surface area contributed by atoms with Gasteiger partial charge in [-0.25, -0.2) is 4.99 Å². The molecule has 1 aliphatic carbocycles. The number of nitrogens with zero attached hydrogens (tertiary/aromatic N) is 3. The SMILES string of the molecule is CN1CC(c2csc(-c3cccc(C#N)c3)c2)(C2CC2)N=C1N. The number of guanidine groups is 1. The summed E-state index contributed by atoms with van der Waals surface area (Å²) < 4.78 is 0. The molecule has 23 heavy (non-hydrogen) atoms. The Morgan fingerprint density at radius 2 is 2.22 bits per heavy atom. The zero-order valence-corrected chi connectivity index (χ0v) is 13.8. The summed E-state index contributed by atoms with van der Waals surface area (Å²) in [6.07, 6.45) is 2.44. The highest BCUT2D eigenvalue weighted by Crippen LogP contribution is 2.52. The minimum Gasteiger partial charge on any atom is -0.370 e. The maximum atomic E-state index is 9.08. The predicted molar refractivity (Wildman–Crippen MR) is 93.1 cm³/mol. The van der Waals surface area contributed by atoms with E-state index in [1.165, 1.54) is 23.3 Å². The molecule has 1 fully saturated rings. The Hall–Kier alpha value is -2.32. The second-order valence-corrected chi connectivity index (χ2v) is 7.33. The highest BCUT2D eigenvalue weighted by molar-refractivity contribution is 7.13. The van der Waals surface area contributed by atoms with Gasteiger partial charge in [0.2, 0.25) is 0 Å². The van der Waals surface area contributed by atoms with E-state index in [-0.39, 0.29) is 5.54 Å². The third-order valence-electron chi connectivity index (χ3n) is 4.81. The number of thiophene rings is 1. The van der Waals surface area contributed by atoms with Crippen LogP contribution in [0, 0.1) is 17.2 Å². The normalized spacial score (nSPS) is 23.7. The van der Waals surface area contributed by atoms with Crippen LogP contribution in [0.3, 0.4) is 0 Å². The highest BCUT2D eigenvalue weighted by Gasteiger charge is 2.50. The van der Waals surface area contributed by atoms with Crippen molar-refractivity contribution >= 4 is 17.3 Å². The molecule has 5 heteroatoms. The van der Waals surface area contributed by atoms with Crippen LogP contribution in [-0.4, -0.2) is 24.5 Å². The van der Waals surface area contributed by atoms with E-state index in [1.54, 1.807) is 11.3 Å². The first kappa shape index (κ1) is 14.3. The van der Waals surface area contributed by atoms with Crippen molar-refractivity contribution in [3.8, 4) is 16.5 Å². The molecule has 1 unspecified atom stereocenters. The third-order valence-corrected chi connectivity index (χ3v) is 5.79. The topological polar surface area (TPSA) is 65.4 Å². The smallest absolute Gasteiger partial charge is 0.192 e. The number of nitrogens with two attached hydrogens (primary N) is 1. The van der Waals surface area contributed by atoms with Crippen molar-refractivity contribution in [2.24, 2.45) is 16.6 Å². The van der Waals surface area contributed by atoms with E-state index in [0.717, 1.165) is 12.1 Å². The Balaban J connectivity index is 1.74. The number of benzene rings is 1. The van der Waals surface area contributed by atoms with Gasteiger partial charge in [0.1, 0.15) is 5.54 Å². The van der Waals surface area contributed by atoms with Crippen LogP contribution in [-0.2, 0) is 5.54 Å². The van der Waals surface area contributed by atoms with Gasteiger partial charge in [-0.3, -0.25) is 0 Å². The van der Waals surface area contributed by atoms with Gasteiger partial charge in [0.25, 0.3) is 0 Å². The Morgan fingerprint density at radius 1 is 1.39 bits per heavy atom. The third kappa shape index (κ3) is 2.30. The first-order valence-electron chi connectivity index (χ1n) is 7.78. The fraction of sp³-hybridized carbons (Fsp3) is 0.333. The number of rotatable bonds is 3. The van der Waals surface area contributed by atoms with Crippen molar-refractivity contribution in [2.75, 3.05) is 13.6 Å². The Kier molecular flexibility index (Phi) is 3.17. The van der Waals surface area contributed by atoms with Crippen molar-refractivity contribution in [1.82, 2.24) is 4.90 Å². The van der Waals surface area contributed by atoms with Gasteiger partial charge in [-0.05, 0) is 53.5 Å². The van der Waals surface area contributed by atoms with Crippen molar-refractivity contribution in [1.29, 1.82) is 5.26 Å². The molecule has 4 rings (SSSR count). The molecule has 1 aliphatic heterocycles. The molecule has 0 bridgehead atoms. The quantitative estimate of drug-likeness (QED) is 0.944. The fourth-order valence-corrected chi connectivity index (χ4v) is 4.38. The Morgan fingerprint density at radius 3 is 2.87 bits per heavy atom. The summed E-state index contributed by atoms with van der Waals surface area (Å²) in [6.45, 7) is 0.859. The molecular formula is C18H18N4S. The predicted octanol–water partition coefficient (Wildman–Crippen LogP) is 3.15. The van der Waals surface area contributed by atoms with E-state index in [4.69, 9.17) is 16.0 Å². The van der Waals surface area contributed by atoms with Crippen LogP contribution in [0.2, 0.25) is 0 Å². The highest BCUT2D eigenvalue weighted by atomic mass is 32.1. The summed E-state index contributed by atoms with van der Waals surface area (Å²) in [5.74, 6) is 1.23. The van der Waals surface area contributed by atoms with Gasteiger partial charge < -0.3 is 10.6 Å². The lowest BCUT2D eigenvalue weighted by atomic mass is 9.87. The maximum Gasteiger partial charge on any atom is 0.192 e. The molecule has 116 valence electrons. The molecule has 2 aromatic rings. The van der Waals surface area contributed by atoms with Crippen LogP contribution in [0.1, 0.15) is 24.0 Å². The van der Waals surface area contributed by atoms with Gasteiger partial charge in [-0.2, -0.15) is 5.26 Å². The summed E-state index contributed by atoms with van der Waals surface area (Å²) in [6, 6.07) is 12.2. The van der Waals surface area contributed by atoms with E-state index in [2.05, 4.69) is 23.6 Å². The zero-order chi connectivity index (χ0) is 16.0. The second kappa shape index (κ2) is 5.10. The van der Waals surface area contributed by atoms with Crippen molar-refractivity contribution < 1.29 is 0 Å². The first-order chi connectivity index (χ1) is 11.1. The van der Waals surface area contributed by atoms with E-state index in [9.17, 15) is 0 Å². The monoisotopic (exact) mass is 322 g/mol. The molecule has 1 atom stereocenters. The summed E-state index contributed by atoms with van der Waals surface area (Å²) in [5, 5.41) is 11.3. The summed E-state index contributed by atoms with van der Waals surface area (Å²) >= 11 is 1.72. The average molecular weight is 322 g/mol. The standard InChI is InChI=1S/C18H18N4S/c1-22-11-18(14-5-6-14,21-17(22)20)15-8-16(23-10-15)13-4-2-3-12(7-13)9-19/h2-4,7-8,10,14H,5-6,11H2,1H3,(H2,20,21). The minimum absolute atomic E-state index is 0.180. The van der Waals surface area contributed by atoms with E-state index < -0.39 is 0 Å². The van der Waals surface area contributed by atoms with Gasteiger partial charge in [0.15, 0.2) is 5.96 Å². The maximum absolute atomic E-state index is 9.08. The van der Waals surface area contributed by atoms with Gasteiger partial charge in [-0.1, -0.05) is 12.1 Å². The van der Waals surface area contributed by atoms with E-state index in [1.807, 2.05) is 30.1 Å². The van der Waals surface area contributed by atoms with Crippen LogP contribution < -0.4 is 5.73 Å². The molecular weight excluding hydrogens is 304 g/mol. The number of aliphatic imine (C=N–C) groups is 1. The largest absolute Gasteiger partial charge is 0.370 e. The lowest BCUT2D eigenvalue weighted by Crippen LogP contribution is -2.35. The molecule has 1 aromatic heterocycles. The summed E-state index contributed by atoms with van der Waals surface area (Å²) in [7, 11) is 2.01. The van der Waals surface area contributed by atoms with Crippen LogP contribution in [0.25, 0.3) is 10.4 Å². The van der Waals surface area contributed by atoms with Gasteiger partial charge in [0.05, 0.1) is 18.2 Å². The molecule has 2 aliphatic rings. The number of hydrogen-bond acceptors (Lipinski definition) is 5. The van der Waals surface area contributed by atoms with Gasteiger partial charge in [-0.15, -0.1) is 11.3 Å². The summed E-state index contributed by atoms with van der Waals surface area (Å²) in [5.41, 5.74) is 8.92. The average Bonchev–Trinajstić information content (AvgIpc) is 3.22. The molecule has 1 saturated carbocycles. The number of nitriles is 1. The number of hydrogen-bond donors (Lipinski definition) is 1. The molecule has 0 amide bonds. The van der Waals surface area contributed by atoms with E-state index in [0.29, 0.717) is 17.4 Å². The lowest BCUT2D eigenvalue weighted by molar-refractivity contribution is 0.341. The molecule has 2 heterocycles. The first-order valence-corrected chi connectivity index (χ1v) is 8.66. The summed E-state index contributed by atoms with van der Waals surface area (Å²) in [4.78, 5) is 8.08. The van der Waals surface area contributed by atoms with Crippen LogP contribution in [0.5, 0.6) is 0 Å². The number of likely N-dealkylation sites (N-methyl/N-ethyl adjacent to an activating group) is 1. The van der Waals surface area contributed by atoms with Gasteiger partial charge in [0, 0.05) is 11.9 Å². The van der Waals surface area contributed by atoms with Crippen LogP contribution in [0.15, 0.2) is 40.7 Å². The minimum atomic E-state index is -0.180. The lowest BCUT2D eigenvalue weighted by Gasteiger charge is -2.26. The fourth-order valence-electron chi connectivity index (χ4n) is 3.40. The molecule has 2 N–H and O–H groups in total. The molecule has 4 nitrogen and oxygen atoms in total. The van der Waals surface area contributed by atoms with Crippen molar-refractivity contribution in [2.45, 2.75) is 18.4 Å². The van der Waals surface area contributed by atoms with Crippen molar-refractivity contribution in [3.63, 3.8) is 0 Å².